The topological polar surface area (TPSA) is 70.6 Å². The van der Waals surface area contributed by atoms with Crippen LogP contribution in [-0.2, 0) is 11.2 Å². The zero-order valence-electron chi connectivity index (χ0n) is 10.8. The van der Waals surface area contributed by atoms with Crippen LogP contribution >= 0.6 is 12.4 Å². The number of methoxy groups -OCH3 is 1. The van der Waals surface area contributed by atoms with Crippen LogP contribution < -0.4 is 15.4 Å². The van der Waals surface area contributed by atoms with Gasteiger partial charge < -0.3 is 20.5 Å². The molecule has 106 valence electrons. The van der Waals surface area contributed by atoms with Gasteiger partial charge >= 0.3 is 0 Å². The van der Waals surface area contributed by atoms with Gasteiger partial charge in [0.05, 0.1) is 25.7 Å². The SMILES string of the molecule is COc1cccc(CC(=O)N[C@@H]2CNC[C@H]2O)c1.Cl. The quantitative estimate of drug-likeness (QED) is 0.735. The normalized spacial score (nSPS) is 21.6. The van der Waals surface area contributed by atoms with Crippen LogP contribution in [0.5, 0.6) is 5.75 Å². The van der Waals surface area contributed by atoms with Gasteiger partial charge in [0.1, 0.15) is 5.75 Å². The number of halogens is 1. The molecule has 1 fully saturated rings. The first-order valence-corrected chi connectivity index (χ1v) is 6.00. The van der Waals surface area contributed by atoms with Crippen LogP contribution in [0.1, 0.15) is 5.56 Å². The number of nitrogens with one attached hydrogen (secondary N) is 2. The van der Waals surface area contributed by atoms with Crippen molar-refractivity contribution in [2.45, 2.75) is 18.6 Å². The van der Waals surface area contributed by atoms with E-state index in [0.29, 0.717) is 19.5 Å². The Morgan fingerprint density at radius 3 is 2.95 bits per heavy atom. The number of ether oxygens (including phenoxy) is 1. The first-order chi connectivity index (χ1) is 8.69. The molecule has 1 aromatic carbocycles. The highest BCUT2D eigenvalue weighted by Gasteiger charge is 2.26. The predicted octanol–water partition coefficient (Wildman–Crippen LogP) is 0.108. The lowest BCUT2D eigenvalue weighted by atomic mass is 10.1. The Hall–Kier alpha value is -1.30. The molecule has 0 bridgehead atoms. The maximum absolute atomic E-state index is 11.8. The second kappa shape index (κ2) is 7.33. The van der Waals surface area contributed by atoms with Gasteiger partial charge in [-0.2, -0.15) is 0 Å². The van der Waals surface area contributed by atoms with Crippen LogP contribution in [0.25, 0.3) is 0 Å². The maximum atomic E-state index is 11.8. The first kappa shape index (κ1) is 15.8. The first-order valence-electron chi connectivity index (χ1n) is 6.00. The Morgan fingerprint density at radius 1 is 1.53 bits per heavy atom. The van der Waals surface area contributed by atoms with Gasteiger partial charge in [-0.1, -0.05) is 12.1 Å². The molecule has 2 rings (SSSR count). The summed E-state index contributed by atoms with van der Waals surface area (Å²) in [5.74, 6) is 0.652. The third-order valence-corrected chi connectivity index (χ3v) is 3.03. The highest BCUT2D eigenvalue weighted by Crippen LogP contribution is 2.13. The molecular formula is C13H19ClN2O3. The molecule has 0 unspecified atom stereocenters. The monoisotopic (exact) mass is 286 g/mol. The fraction of sp³-hybridized carbons (Fsp3) is 0.462. The standard InChI is InChI=1S/C13H18N2O3.ClH/c1-18-10-4-2-3-9(5-10)6-13(17)15-11-7-14-8-12(11)16;/h2-5,11-12,14,16H,6-8H2,1H3,(H,15,17);1H/t11-,12-;/m1./s1. The molecule has 5 nitrogen and oxygen atoms in total. The van der Waals surface area contributed by atoms with Gasteiger partial charge in [-0.05, 0) is 17.7 Å². The number of carbonyl (C=O) groups is 1. The van der Waals surface area contributed by atoms with E-state index >= 15 is 0 Å². The number of hydrogen-bond acceptors (Lipinski definition) is 4. The van der Waals surface area contributed by atoms with Crippen molar-refractivity contribution < 1.29 is 14.6 Å². The third-order valence-electron chi connectivity index (χ3n) is 3.03. The Kier molecular flexibility index (Phi) is 6.08. The van der Waals surface area contributed by atoms with E-state index in [2.05, 4.69) is 10.6 Å². The minimum Gasteiger partial charge on any atom is -0.497 e. The van der Waals surface area contributed by atoms with Crippen molar-refractivity contribution in [3.63, 3.8) is 0 Å². The summed E-state index contributed by atoms with van der Waals surface area (Å²) >= 11 is 0. The molecule has 1 aliphatic heterocycles. The summed E-state index contributed by atoms with van der Waals surface area (Å²) in [6.07, 6.45) is -0.209. The van der Waals surface area contributed by atoms with Gasteiger partial charge in [0.25, 0.3) is 0 Å². The molecule has 6 heteroatoms. The summed E-state index contributed by atoms with van der Waals surface area (Å²) in [5, 5.41) is 15.4. The van der Waals surface area contributed by atoms with Gasteiger partial charge in [0, 0.05) is 13.1 Å². The Balaban J connectivity index is 0.00000180. The molecule has 0 radical (unpaired) electrons. The van der Waals surface area contributed by atoms with E-state index in [0.717, 1.165) is 11.3 Å². The third kappa shape index (κ3) is 4.38. The molecule has 1 aromatic rings. The number of β-amino-alcohol motifs (C(OH)–C–C–N with tert-alkyl or cyclic N) is 1. The molecule has 2 atom stereocenters. The van der Waals surface area contributed by atoms with Gasteiger partial charge in [-0.3, -0.25) is 4.79 Å². The number of rotatable bonds is 4. The van der Waals surface area contributed by atoms with Crippen molar-refractivity contribution >= 4 is 18.3 Å². The summed E-state index contributed by atoms with van der Waals surface area (Å²) in [4.78, 5) is 11.8. The van der Waals surface area contributed by atoms with E-state index in [4.69, 9.17) is 4.74 Å². The van der Waals surface area contributed by atoms with Crippen LogP contribution in [0.4, 0.5) is 0 Å². The fourth-order valence-corrected chi connectivity index (χ4v) is 2.04. The summed E-state index contributed by atoms with van der Waals surface area (Å²) in [6, 6.07) is 7.22. The number of carbonyl (C=O) groups excluding carboxylic acids is 1. The van der Waals surface area contributed by atoms with Crippen LogP contribution in [-0.4, -0.2) is 43.4 Å². The molecule has 0 aliphatic carbocycles. The van der Waals surface area contributed by atoms with Crippen molar-refractivity contribution in [2.75, 3.05) is 20.2 Å². The van der Waals surface area contributed by atoms with Crippen molar-refractivity contribution in [1.82, 2.24) is 10.6 Å². The number of aliphatic hydroxyl groups is 1. The lowest BCUT2D eigenvalue weighted by molar-refractivity contribution is -0.121. The number of benzene rings is 1. The fourth-order valence-electron chi connectivity index (χ4n) is 2.04. The van der Waals surface area contributed by atoms with Crippen molar-refractivity contribution in [1.29, 1.82) is 0 Å². The zero-order valence-corrected chi connectivity index (χ0v) is 11.6. The highest BCUT2D eigenvalue weighted by atomic mass is 35.5. The van der Waals surface area contributed by atoms with Crippen LogP contribution in [0.2, 0.25) is 0 Å². The highest BCUT2D eigenvalue weighted by molar-refractivity contribution is 5.85. The van der Waals surface area contributed by atoms with Crippen molar-refractivity contribution in [3.05, 3.63) is 29.8 Å². The van der Waals surface area contributed by atoms with Gasteiger partial charge in [0.15, 0.2) is 0 Å². The summed E-state index contributed by atoms with van der Waals surface area (Å²) in [6.45, 7) is 1.15. The number of aliphatic hydroxyl groups excluding tert-OH is 1. The molecule has 1 aliphatic rings. The van der Waals surface area contributed by atoms with E-state index in [9.17, 15) is 9.90 Å². The average Bonchev–Trinajstić information content (AvgIpc) is 2.75. The molecule has 19 heavy (non-hydrogen) atoms. The molecule has 1 amide bonds. The molecule has 0 spiro atoms. The Bertz CT molecular complexity index is 428. The van der Waals surface area contributed by atoms with Crippen molar-refractivity contribution in [2.24, 2.45) is 0 Å². The van der Waals surface area contributed by atoms with E-state index < -0.39 is 6.10 Å². The zero-order chi connectivity index (χ0) is 13.0. The van der Waals surface area contributed by atoms with Crippen LogP contribution in [0.3, 0.4) is 0 Å². The molecule has 3 N–H and O–H groups in total. The maximum Gasteiger partial charge on any atom is 0.224 e. The number of amides is 1. The Morgan fingerprint density at radius 2 is 2.32 bits per heavy atom. The lowest BCUT2D eigenvalue weighted by Gasteiger charge is -2.15. The lowest BCUT2D eigenvalue weighted by Crippen LogP contribution is -2.43. The van der Waals surface area contributed by atoms with E-state index in [1.165, 1.54) is 0 Å². The average molecular weight is 287 g/mol. The number of hydrogen-bond donors (Lipinski definition) is 3. The Labute approximate surface area is 118 Å². The van der Waals surface area contributed by atoms with Gasteiger partial charge in [0.2, 0.25) is 5.91 Å². The molecule has 1 saturated heterocycles. The van der Waals surface area contributed by atoms with E-state index in [1.807, 2.05) is 24.3 Å². The molecule has 1 heterocycles. The second-order valence-electron chi connectivity index (χ2n) is 4.43. The summed E-state index contributed by atoms with van der Waals surface area (Å²) < 4.78 is 5.11. The van der Waals surface area contributed by atoms with Crippen LogP contribution in [0, 0.1) is 0 Å². The minimum absolute atomic E-state index is 0. The summed E-state index contributed by atoms with van der Waals surface area (Å²) in [7, 11) is 1.60. The molecule has 0 aromatic heterocycles. The van der Waals surface area contributed by atoms with E-state index in [-0.39, 0.29) is 24.4 Å². The van der Waals surface area contributed by atoms with Gasteiger partial charge in [-0.25, -0.2) is 0 Å². The van der Waals surface area contributed by atoms with Gasteiger partial charge in [-0.15, -0.1) is 12.4 Å². The van der Waals surface area contributed by atoms with Crippen molar-refractivity contribution in [3.8, 4) is 5.75 Å². The molecular weight excluding hydrogens is 268 g/mol. The van der Waals surface area contributed by atoms with E-state index in [1.54, 1.807) is 7.11 Å². The summed E-state index contributed by atoms with van der Waals surface area (Å²) in [5.41, 5.74) is 0.896. The second-order valence-corrected chi connectivity index (χ2v) is 4.43. The smallest absolute Gasteiger partial charge is 0.224 e. The predicted molar refractivity (Wildman–Crippen MR) is 74.8 cm³/mol. The largest absolute Gasteiger partial charge is 0.497 e. The minimum atomic E-state index is -0.501. The van der Waals surface area contributed by atoms with Crippen LogP contribution in [0.15, 0.2) is 24.3 Å². The molecule has 0 saturated carbocycles.